The molecule has 3 nitrogen and oxygen atoms in total. The number of aryl methyl sites for hydroxylation is 1. The van der Waals surface area contributed by atoms with E-state index in [2.05, 4.69) is 21.7 Å². The number of hydrogen-bond donors (Lipinski definition) is 1. The van der Waals surface area contributed by atoms with Crippen LogP contribution in [-0.4, -0.2) is 18.6 Å². The van der Waals surface area contributed by atoms with E-state index in [1.807, 2.05) is 39.1 Å². The van der Waals surface area contributed by atoms with Gasteiger partial charge in [-0.05, 0) is 27.0 Å². The third-order valence-corrected chi connectivity index (χ3v) is 3.54. The van der Waals surface area contributed by atoms with E-state index in [1.165, 1.54) is 0 Å². The zero-order valence-corrected chi connectivity index (χ0v) is 11.8. The summed E-state index contributed by atoms with van der Waals surface area (Å²) in [6, 6.07) is 8.19. The van der Waals surface area contributed by atoms with Crippen LogP contribution in [0, 0.1) is 6.92 Å². The molecule has 0 saturated carbocycles. The first-order valence-corrected chi connectivity index (χ1v) is 6.95. The molecule has 0 aliphatic carbocycles. The molecule has 1 unspecified atom stereocenters. The fourth-order valence-electron chi connectivity index (χ4n) is 1.98. The van der Waals surface area contributed by atoms with Crippen LogP contribution < -0.4 is 10.1 Å². The van der Waals surface area contributed by atoms with Crippen molar-refractivity contribution in [2.75, 3.05) is 13.7 Å². The standard InChI is InChI=1S/C14H18N2OS/c1-4-17-13-8-6-5-7-11(13)14(15-3)12-9-18-10(2)16-12/h5-9,14-15H,4H2,1-3H3. The molecule has 1 N–H and O–H groups in total. The highest BCUT2D eigenvalue weighted by molar-refractivity contribution is 7.09. The Bertz CT molecular complexity index is 510. The van der Waals surface area contributed by atoms with Gasteiger partial charge in [0.2, 0.25) is 0 Å². The molecule has 0 aliphatic rings. The van der Waals surface area contributed by atoms with Gasteiger partial charge in [0.15, 0.2) is 0 Å². The maximum absolute atomic E-state index is 5.68. The average Bonchev–Trinajstić information content (AvgIpc) is 2.79. The number of aromatic nitrogens is 1. The van der Waals surface area contributed by atoms with Crippen LogP contribution in [0.1, 0.15) is 29.2 Å². The first kappa shape index (κ1) is 13.1. The summed E-state index contributed by atoms with van der Waals surface area (Å²) in [5, 5.41) is 6.49. The van der Waals surface area contributed by atoms with Gasteiger partial charge in [0.05, 0.1) is 23.4 Å². The first-order chi connectivity index (χ1) is 8.76. The Hall–Kier alpha value is -1.39. The van der Waals surface area contributed by atoms with E-state index in [9.17, 15) is 0 Å². The Labute approximate surface area is 112 Å². The third kappa shape index (κ3) is 2.71. The molecule has 1 atom stereocenters. The lowest BCUT2D eigenvalue weighted by molar-refractivity contribution is 0.334. The quantitative estimate of drug-likeness (QED) is 0.898. The van der Waals surface area contributed by atoms with Gasteiger partial charge in [-0.15, -0.1) is 11.3 Å². The van der Waals surface area contributed by atoms with Crippen LogP contribution in [0.3, 0.4) is 0 Å². The number of nitrogens with one attached hydrogen (secondary N) is 1. The minimum absolute atomic E-state index is 0.0812. The van der Waals surface area contributed by atoms with Crippen molar-refractivity contribution in [2.24, 2.45) is 0 Å². The number of benzene rings is 1. The van der Waals surface area contributed by atoms with Crippen molar-refractivity contribution in [3.63, 3.8) is 0 Å². The second kappa shape index (κ2) is 5.98. The summed E-state index contributed by atoms with van der Waals surface area (Å²) in [5.41, 5.74) is 2.18. The highest BCUT2D eigenvalue weighted by Gasteiger charge is 2.18. The van der Waals surface area contributed by atoms with Crippen LogP contribution in [-0.2, 0) is 0 Å². The van der Waals surface area contributed by atoms with Crippen LogP contribution in [0.2, 0.25) is 0 Å². The topological polar surface area (TPSA) is 34.1 Å². The smallest absolute Gasteiger partial charge is 0.124 e. The minimum atomic E-state index is 0.0812. The normalized spacial score (nSPS) is 12.4. The Kier molecular flexibility index (Phi) is 4.33. The van der Waals surface area contributed by atoms with Crippen molar-refractivity contribution < 1.29 is 4.74 Å². The summed E-state index contributed by atoms with van der Waals surface area (Å²) in [6.45, 7) is 4.69. The number of rotatable bonds is 5. The molecule has 2 rings (SSSR count). The van der Waals surface area contributed by atoms with E-state index < -0.39 is 0 Å². The second-order valence-corrected chi connectivity index (χ2v) is 5.05. The van der Waals surface area contributed by atoms with Crippen molar-refractivity contribution >= 4 is 11.3 Å². The van der Waals surface area contributed by atoms with Gasteiger partial charge in [0.1, 0.15) is 5.75 Å². The molecule has 0 radical (unpaired) electrons. The van der Waals surface area contributed by atoms with Gasteiger partial charge >= 0.3 is 0 Å². The third-order valence-electron chi connectivity index (χ3n) is 2.75. The van der Waals surface area contributed by atoms with E-state index in [1.54, 1.807) is 11.3 Å². The molecule has 0 saturated heterocycles. The number of hydrogen-bond acceptors (Lipinski definition) is 4. The number of ether oxygens (including phenoxy) is 1. The largest absolute Gasteiger partial charge is 0.494 e. The van der Waals surface area contributed by atoms with Gasteiger partial charge < -0.3 is 10.1 Å². The van der Waals surface area contributed by atoms with Gasteiger partial charge in [0.25, 0.3) is 0 Å². The first-order valence-electron chi connectivity index (χ1n) is 6.07. The zero-order chi connectivity index (χ0) is 13.0. The van der Waals surface area contributed by atoms with Crippen molar-refractivity contribution in [3.8, 4) is 5.75 Å². The molecular weight excluding hydrogens is 244 g/mol. The van der Waals surface area contributed by atoms with Crippen molar-refractivity contribution in [3.05, 3.63) is 45.9 Å². The lowest BCUT2D eigenvalue weighted by atomic mass is 10.0. The summed E-state index contributed by atoms with van der Waals surface area (Å²) in [6.07, 6.45) is 0. The molecule has 0 spiro atoms. The lowest BCUT2D eigenvalue weighted by Gasteiger charge is -2.18. The molecule has 0 fully saturated rings. The molecule has 96 valence electrons. The molecule has 1 aromatic heterocycles. The van der Waals surface area contributed by atoms with Crippen LogP contribution in [0.5, 0.6) is 5.75 Å². The Morgan fingerprint density at radius 2 is 2.17 bits per heavy atom. The zero-order valence-electron chi connectivity index (χ0n) is 10.9. The molecule has 0 aliphatic heterocycles. The fraction of sp³-hybridized carbons (Fsp3) is 0.357. The SMILES string of the molecule is CCOc1ccccc1C(NC)c1csc(C)n1. The summed E-state index contributed by atoms with van der Waals surface area (Å²) >= 11 is 1.67. The highest BCUT2D eigenvalue weighted by Crippen LogP contribution is 2.30. The summed E-state index contributed by atoms with van der Waals surface area (Å²) < 4.78 is 5.68. The van der Waals surface area contributed by atoms with Crippen molar-refractivity contribution in [1.82, 2.24) is 10.3 Å². The molecule has 2 aromatic rings. The molecule has 0 bridgehead atoms. The fourth-order valence-corrected chi connectivity index (χ4v) is 2.62. The molecule has 18 heavy (non-hydrogen) atoms. The van der Waals surface area contributed by atoms with E-state index >= 15 is 0 Å². The van der Waals surface area contributed by atoms with E-state index in [0.29, 0.717) is 6.61 Å². The summed E-state index contributed by atoms with van der Waals surface area (Å²) in [7, 11) is 1.95. The highest BCUT2D eigenvalue weighted by atomic mass is 32.1. The number of para-hydroxylation sites is 1. The molecule has 1 aromatic carbocycles. The predicted octanol–water partition coefficient (Wildman–Crippen LogP) is 3.16. The predicted molar refractivity (Wildman–Crippen MR) is 75.4 cm³/mol. The number of nitrogens with zero attached hydrogens (tertiary/aromatic N) is 1. The van der Waals surface area contributed by atoms with Gasteiger partial charge in [0, 0.05) is 10.9 Å². The van der Waals surface area contributed by atoms with E-state index in [-0.39, 0.29) is 6.04 Å². The van der Waals surface area contributed by atoms with Crippen LogP contribution in [0.4, 0.5) is 0 Å². The summed E-state index contributed by atoms with van der Waals surface area (Å²) in [5.74, 6) is 0.921. The average molecular weight is 262 g/mol. The van der Waals surface area contributed by atoms with Gasteiger partial charge in [-0.25, -0.2) is 4.98 Å². The molecular formula is C14H18N2OS. The monoisotopic (exact) mass is 262 g/mol. The molecule has 4 heteroatoms. The van der Waals surface area contributed by atoms with Crippen LogP contribution in [0.15, 0.2) is 29.6 Å². The Balaban J connectivity index is 2.38. The Morgan fingerprint density at radius 3 is 2.78 bits per heavy atom. The second-order valence-electron chi connectivity index (χ2n) is 3.98. The van der Waals surface area contributed by atoms with Crippen LogP contribution >= 0.6 is 11.3 Å². The van der Waals surface area contributed by atoms with Gasteiger partial charge in [-0.2, -0.15) is 0 Å². The lowest BCUT2D eigenvalue weighted by Crippen LogP contribution is -2.19. The maximum atomic E-state index is 5.68. The van der Waals surface area contributed by atoms with E-state index in [4.69, 9.17) is 4.74 Å². The Morgan fingerprint density at radius 1 is 1.39 bits per heavy atom. The van der Waals surface area contributed by atoms with Gasteiger partial charge in [-0.1, -0.05) is 18.2 Å². The maximum Gasteiger partial charge on any atom is 0.124 e. The van der Waals surface area contributed by atoms with E-state index in [0.717, 1.165) is 22.0 Å². The van der Waals surface area contributed by atoms with Crippen molar-refractivity contribution in [2.45, 2.75) is 19.9 Å². The summed E-state index contributed by atoms with van der Waals surface area (Å²) in [4.78, 5) is 4.56. The van der Waals surface area contributed by atoms with Crippen molar-refractivity contribution in [1.29, 1.82) is 0 Å². The minimum Gasteiger partial charge on any atom is -0.494 e. The van der Waals surface area contributed by atoms with Crippen LogP contribution in [0.25, 0.3) is 0 Å². The number of thiazole rings is 1. The molecule has 0 amide bonds. The molecule has 1 heterocycles. The van der Waals surface area contributed by atoms with Gasteiger partial charge in [-0.3, -0.25) is 0 Å².